The van der Waals surface area contributed by atoms with Crippen LogP contribution in [0.4, 0.5) is 20.2 Å². The molecule has 1 aliphatic heterocycles. The number of benzene rings is 1. The highest BCUT2D eigenvalue weighted by atomic mass is 35.5. The second-order valence-corrected chi connectivity index (χ2v) is 7.68. The average molecular weight is 413 g/mol. The van der Waals surface area contributed by atoms with E-state index < -0.39 is 35.1 Å². The molecule has 2 fully saturated rings. The molecule has 2 heterocycles. The van der Waals surface area contributed by atoms with Crippen molar-refractivity contribution in [1.82, 2.24) is 9.88 Å². The number of nitrogens with zero attached hydrogens (tertiary/aromatic N) is 2. The van der Waals surface area contributed by atoms with Crippen molar-refractivity contribution >= 4 is 39.8 Å². The molecule has 2 aromatic rings. The third-order valence-electron chi connectivity index (χ3n) is 5.51. The third kappa shape index (κ3) is 2.80. The lowest BCUT2D eigenvalue weighted by molar-refractivity contribution is 0.0694. The van der Waals surface area contributed by atoms with Gasteiger partial charge in [-0.25, -0.2) is 13.6 Å². The number of nitrogens with one attached hydrogen (secondary N) is 1. The first-order valence-electron chi connectivity index (χ1n) is 8.92. The van der Waals surface area contributed by atoms with E-state index in [1.807, 2.05) is 0 Å². The monoisotopic (exact) mass is 412 g/mol. The summed E-state index contributed by atoms with van der Waals surface area (Å²) in [6.45, 7) is 0.603. The maximum absolute atomic E-state index is 15.2. The molecule has 1 saturated carbocycles. The number of halogens is 3. The molecule has 0 radical (unpaired) electrons. The van der Waals surface area contributed by atoms with Gasteiger partial charge in [0.25, 0.3) is 0 Å². The molecule has 1 aliphatic carbocycles. The van der Waals surface area contributed by atoms with Gasteiger partial charge in [-0.05, 0) is 12.8 Å². The number of nitrogen functional groups attached to an aromatic ring is 1. The van der Waals surface area contributed by atoms with E-state index in [4.69, 9.17) is 17.3 Å². The van der Waals surface area contributed by atoms with Crippen LogP contribution >= 0.6 is 11.6 Å². The first-order valence-corrected chi connectivity index (χ1v) is 9.30. The van der Waals surface area contributed by atoms with Gasteiger partial charge in [0.05, 0.1) is 33.8 Å². The third-order valence-corrected chi connectivity index (χ3v) is 5.87. The van der Waals surface area contributed by atoms with E-state index in [1.54, 1.807) is 4.90 Å². The summed E-state index contributed by atoms with van der Waals surface area (Å²) < 4.78 is 29.6. The van der Waals surface area contributed by atoms with Crippen LogP contribution in [-0.4, -0.2) is 47.5 Å². The summed E-state index contributed by atoms with van der Waals surface area (Å²) in [4.78, 5) is 25.8. The van der Waals surface area contributed by atoms with Crippen molar-refractivity contribution in [2.24, 2.45) is 0 Å². The highest BCUT2D eigenvalue weighted by Crippen LogP contribution is 2.44. The number of pyridine rings is 1. The number of alkyl halides is 1. The summed E-state index contributed by atoms with van der Waals surface area (Å²) in [6.07, 6.45) is 2.97. The van der Waals surface area contributed by atoms with E-state index in [0.29, 0.717) is 19.6 Å². The summed E-state index contributed by atoms with van der Waals surface area (Å²) in [6, 6.07) is 0. The van der Waals surface area contributed by atoms with Crippen LogP contribution in [0.2, 0.25) is 5.02 Å². The number of aromatic carboxylic acids is 1. The van der Waals surface area contributed by atoms with Crippen LogP contribution in [0.5, 0.6) is 0 Å². The molecular weight excluding hydrogens is 394 g/mol. The Labute approximate surface area is 163 Å². The number of carboxylic acids is 1. The smallest absolute Gasteiger partial charge is 0.341 e. The maximum Gasteiger partial charge on any atom is 0.341 e. The predicted octanol–water partition coefficient (Wildman–Crippen LogP) is 1.99. The number of rotatable bonds is 4. The molecule has 1 aromatic heterocycles. The normalized spacial score (nSPS) is 18.0. The molecule has 10 heteroatoms. The standard InChI is InChI=1S/C18H19ClF2N4O3/c19-11-14-10(16(26)9(17(27)28)7-24(14)5-3-20)13(22)12(21)15(11)25-6-4-23-18(8-25)1-2-18/h7,23H,1-6,8,22H2,(H,27,28). The zero-order chi connectivity index (χ0) is 20.2. The minimum atomic E-state index is -1.50. The minimum Gasteiger partial charge on any atom is -0.477 e. The van der Waals surface area contributed by atoms with Crippen molar-refractivity contribution < 1.29 is 18.7 Å². The fourth-order valence-electron chi connectivity index (χ4n) is 3.93. The van der Waals surface area contributed by atoms with Gasteiger partial charge in [-0.15, -0.1) is 0 Å². The molecule has 150 valence electrons. The fourth-order valence-corrected chi connectivity index (χ4v) is 4.33. The minimum absolute atomic E-state index is 0.0478. The molecule has 1 aromatic carbocycles. The van der Waals surface area contributed by atoms with E-state index in [1.165, 1.54) is 4.57 Å². The first-order chi connectivity index (χ1) is 13.3. The zero-order valence-corrected chi connectivity index (χ0v) is 15.7. The maximum atomic E-state index is 15.2. The quantitative estimate of drug-likeness (QED) is 0.664. The van der Waals surface area contributed by atoms with Crippen molar-refractivity contribution in [2.75, 3.05) is 36.9 Å². The summed E-state index contributed by atoms with van der Waals surface area (Å²) in [5.41, 5.74) is 3.95. The number of piperazine rings is 1. The molecule has 28 heavy (non-hydrogen) atoms. The molecule has 4 rings (SSSR count). The zero-order valence-electron chi connectivity index (χ0n) is 14.9. The van der Waals surface area contributed by atoms with Gasteiger partial charge in [-0.2, -0.15) is 0 Å². The molecule has 4 N–H and O–H groups in total. The molecule has 2 aliphatic rings. The Balaban J connectivity index is 2.01. The molecule has 7 nitrogen and oxygen atoms in total. The number of carbonyl (C=O) groups is 1. The van der Waals surface area contributed by atoms with Gasteiger partial charge in [-0.3, -0.25) is 4.79 Å². The second-order valence-electron chi connectivity index (χ2n) is 7.30. The highest BCUT2D eigenvalue weighted by Gasteiger charge is 2.46. The Morgan fingerprint density at radius 3 is 2.75 bits per heavy atom. The van der Waals surface area contributed by atoms with Gasteiger partial charge >= 0.3 is 5.97 Å². The molecule has 0 atom stereocenters. The highest BCUT2D eigenvalue weighted by molar-refractivity contribution is 6.38. The Hall–Kier alpha value is -2.39. The Bertz CT molecular complexity index is 1050. The predicted molar refractivity (Wildman–Crippen MR) is 103 cm³/mol. The lowest BCUT2D eigenvalue weighted by Crippen LogP contribution is -2.53. The summed E-state index contributed by atoms with van der Waals surface area (Å²) in [5, 5.41) is 12.3. The average Bonchev–Trinajstić information content (AvgIpc) is 3.39. The van der Waals surface area contributed by atoms with Crippen LogP contribution in [0.1, 0.15) is 23.2 Å². The van der Waals surface area contributed by atoms with Crippen LogP contribution in [-0.2, 0) is 6.54 Å². The molecule has 1 spiro atoms. The van der Waals surface area contributed by atoms with Crippen molar-refractivity contribution in [3.63, 3.8) is 0 Å². The Morgan fingerprint density at radius 1 is 1.43 bits per heavy atom. The SMILES string of the molecule is Nc1c(F)c(N2CCNC3(CC3)C2)c(Cl)c2c1c(=O)c(C(=O)O)cn2CCF. The molecular formula is C18H19ClF2N4O3. The van der Waals surface area contributed by atoms with Crippen molar-refractivity contribution in [3.05, 3.63) is 32.8 Å². The van der Waals surface area contributed by atoms with Crippen molar-refractivity contribution in [1.29, 1.82) is 0 Å². The number of aryl methyl sites for hydroxylation is 1. The van der Waals surface area contributed by atoms with E-state index in [9.17, 15) is 19.1 Å². The Morgan fingerprint density at radius 2 is 2.14 bits per heavy atom. The van der Waals surface area contributed by atoms with Crippen molar-refractivity contribution in [3.8, 4) is 0 Å². The molecule has 0 unspecified atom stereocenters. The largest absolute Gasteiger partial charge is 0.477 e. The summed E-state index contributed by atoms with van der Waals surface area (Å²) >= 11 is 6.52. The van der Waals surface area contributed by atoms with E-state index >= 15 is 4.39 Å². The first kappa shape index (κ1) is 18.9. The fraction of sp³-hybridized carbons (Fsp3) is 0.444. The number of fused-ring (bicyclic) bond motifs is 1. The summed E-state index contributed by atoms with van der Waals surface area (Å²) in [7, 11) is 0. The van der Waals surface area contributed by atoms with Gasteiger partial charge in [0.15, 0.2) is 5.82 Å². The summed E-state index contributed by atoms with van der Waals surface area (Å²) in [5.74, 6) is -2.36. The molecule has 0 amide bonds. The van der Waals surface area contributed by atoms with Crippen LogP contribution in [0.3, 0.4) is 0 Å². The lowest BCUT2D eigenvalue weighted by Gasteiger charge is -2.36. The van der Waals surface area contributed by atoms with Gasteiger partial charge in [-0.1, -0.05) is 11.6 Å². The number of aromatic nitrogens is 1. The van der Waals surface area contributed by atoms with E-state index in [2.05, 4.69) is 5.32 Å². The number of anilines is 2. The number of hydrogen-bond donors (Lipinski definition) is 3. The van der Waals surface area contributed by atoms with Crippen LogP contribution < -0.4 is 21.4 Å². The van der Waals surface area contributed by atoms with Gasteiger partial charge in [0.1, 0.15) is 12.2 Å². The van der Waals surface area contributed by atoms with Crippen LogP contribution in [0.15, 0.2) is 11.0 Å². The number of hydrogen-bond acceptors (Lipinski definition) is 5. The number of nitrogens with two attached hydrogens (primary N) is 1. The second kappa shape index (κ2) is 6.59. The topological polar surface area (TPSA) is 101 Å². The van der Waals surface area contributed by atoms with Crippen molar-refractivity contribution in [2.45, 2.75) is 24.9 Å². The van der Waals surface area contributed by atoms with Crippen LogP contribution in [0, 0.1) is 5.82 Å². The lowest BCUT2D eigenvalue weighted by atomic mass is 10.1. The Kier molecular flexibility index (Phi) is 4.46. The van der Waals surface area contributed by atoms with Gasteiger partial charge in [0, 0.05) is 31.4 Å². The van der Waals surface area contributed by atoms with Crippen LogP contribution in [0.25, 0.3) is 10.9 Å². The molecule has 1 saturated heterocycles. The van der Waals surface area contributed by atoms with E-state index in [-0.39, 0.29) is 33.7 Å². The van der Waals surface area contributed by atoms with Gasteiger partial charge < -0.3 is 25.6 Å². The van der Waals surface area contributed by atoms with E-state index in [0.717, 1.165) is 19.0 Å². The number of carboxylic acid groups (broad SMARTS) is 1. The van der Waals surface area contributed by atoms with Gasteiger partial charge in [0.2, 0.25) is 5.43 Å². The molecule has 0 bridgehead atoms.